The minimum Gasteiger partial charge on any atom is -0.369 e. The first-order chi connectivity index (χ1) is 16.5. The van der Waals surface area contributed by atoms with Crippen LogP contribution < -0.4 is 10.2 Å². The fourth-order valence-electron chi connectivity index (χ4n) is 3.95. The Hall–Kier alpha value is -3.67. The van der Waals surface area contributed by atoms with Crippen molar-refractivity contribution in [3.05, 3.63) is 64.2 Å². The number of hydrogen-bond acceptors (Lipinski definition) is 6. The zero-order valence-corrected chi connectivity index (χ0v) is 19.3. The summed E-state index contributed by atoms with van der Waals surface area (Å²) in [6, 6.07) is 10.4. The average molecular weight is 493 g/mol. The summed E-state index contributed by atoms with van der Waals surface area (Å²) in [6.45, 7) is 3.66. The number of amides is 2. The molecule has 0 saturated carbocycles. The average Bonchev–Trinajstić information content (AvgIpc) is 2.82. The maximum absolute atomic E-state index is 13.1. The highest BCUT2D eigenvalue weighted by Crippen LogP contribution is 2.34. The summed E-state index contributed by atoms with van der Waals surface area (Å²) < 4.78 is 39.4. The number of nitrogens with zero attached hydrogens (tertiary/aromatic N) is 4. The fourth-order valence-corrected chi connectivity index (χ4v) is 3.95. The summed E-state index contributed by atoms with van der Waals surface area (Å²) >= 11 is 0. The first kappa shape index (κ1) is 25.9. The number of benzene rings is 2. The Morgan fingerprint density at radius 3 is 2.26 bits per heavy atom. The van der Waals surface area contributed by atoms with Crippen molar-refractivity contribution in [1.82, 2.24) is 9.80 Å². The summed E-state index contributed by atoms with van der Waals surface area (Å²) in [6.07, 6.45) is -4.61. The monoisotopic (exact) mass is 493 g/mol. The number of alkyl halides is 3. The zero-order valence-electron chi connectivity index (χ0n) is 19.3. The van der Waals surface area contributed by atoms with Gasteiger partial charge in [-0.15, -0.1) is 0 Å². The lowest BCUT2D eigenvalue weighted by Crippen LogP contribution is -2.54. The Kier molecular flexibility index (Phi) is 7.95. The molecule has 1 aliphatic rings. The number of nitro benzene ring substituents is 1. The SMILES string of the molecule is C[C@@H](C(=O)N(C)CC(=O)Nc1ccccc1C(F)(F)F)N1CCN(c2ccc([N+](=O)[O-])cc2)CC1. The van der Waals surface area contributed by atoms with E-state index in [1.165, 1.54) is 36.2 Å². The molecule has 35 heavy (non-hydrogen) atoms. The van der Waals surface area contributed by atoms with Crippen molar-refractivity contribution in [2.45, 2.75) is 19.1 Å². The molecular formula is C23H26F3N5O4. The van der Waals surface area contributed by atoms with E-state index in [-0.39, 0.29) is 17.3 Å². The van der Waals surface area contributed by atoms with E-state index in [0.717, 1.165) is 17.8 Å². The Bertz CT molecular complexity index is 1070. The predicted octanol–water partition coefficient (Wildman–Crippen LogP) is 3.22. The molecule has 12 heteroatoms. The number of carbonyl (C=O) groups excluding carboxylic acids is 2. The molecule has 1 aliphatic heterocycles. The number of carbonyl (C=O) groups is 2. The predicted molar refractivity (Wildman–Crippen MR) is 124 cm³/mol. The topological polar surface area (TPSA) is 99.0 Å². The van der Waals surface area contributed by atoms with Crippen LogP contribution in [0.1, 0.15) is 12.5 Å². The van der Waals surface area contributed by atoms with Gasteiger partial charge in [0, 0.05) is 51.0 Å². The van der Waals surface area contributed by atoms with Crippen molar-refractivity contribution in [2.24, 2.45) is 0 Å². The van der Waals surface area contributed by atoms with Crippen LogP contribution in [0.5, 0.6) is 0 Å². The third kappa shape index (κ3) is 6.47. The smallest absolute Gasteiger partial charge is 0.369 e. The van der Waals surface area contributed by atoms with Gasteiger partial charge in [-0.05, 0) is 31.2 Å². The van der Waals surface area contributed by atoms with Crippen molar-refractivity contribution in [3.63, 3.8) is 0 Å². The number of piperazine rings is 1. The summed E-state index contributed by atoms with van der Waals surface area (Å²) in [5, 5.41) is 13.1. The molecule has 188 valence electrons. The van der Waals surface area contributed by atoms with E-state index in [1.54, 1.807) is 19.1 Å². The van der Waals surface area contributed by atoms with Gasteiger partial charge >= 0.3 is 6.18 Å². The van der Waals surface area contributed by atoms with Gasteiger partial charge in [0.1, 0.15) is 0 Å². The number of likely N-dealkylation sites (N-methyl/N-ethyl adjacent to an activating group) is 1. The van der Waals surface area contributed by atoms with E-state index in [2.05, 4.69) is 10.2 Å². The van der Waals surface area contributed by atoms with Crippen LogP contribution in [0, 0.1) is 10.1 Å². The molecule has 1 fully saturated rings. The molecule has 0 spiro atoms. The zero-order chi connectivity index (χ0) is 25.8. The van der Waals surface area contributed by atoms with Crippen LogP contribution >= 0.6 is 0 Å². The number of hydrogen-bond donors (Lipinski definition) is 1. The maximum Gasteiger partial charge on any atom is 0.418 e. The minimum atomic E-state index is -4.61. The minimum absolute atomic E-state index is 0.0144. The van der Waals surface area contributed by atoms with Gasteiger partial charge < -0.3 is 15.1 Å². The number of para-hydroxylation sites is 1. The first-order valence-corrected chi connectivity index (χ1v) is 10.9. The summed E-state index contributed by atoms with van der Waals surface area (Å²) in [7, 11) is 1.43. The Labute approximate surface area is 200 Å². The summed E-state index contributed by atoms with van der Waals surface area (Å²) in [4.78, 5) is 40.8. The van der Waals surface area contributed by atoms with Gasteiger partial charge in [-0.3, -0.25) is 24.6 Å². The van der Waals surface area contributed by atoms with E-state index < -0.39 is 35.2 Å². The highest BCUT2D eigenvalue weighted by Gasteiger charge is 2.34. The quantitative estimate of drug-likeness (QED) is 0.470. The van der Waals surface area contributed by atoms with Crippen molar-refractivity contribution in [3.8, 4) is 0 Å². The number of rotatable bonds is 7. The number of nitro groups is 1. The van der Waals surface area contributed by atoms with Crippen molar-refractivity contribution >= 4 is 28.9 Å². The molecule has 3 rings (SSSR count). The standard InChI is InChI=1S/C23H26F3N5O4/c1-16(29-11-13-30(14-12-29)17-7-9-18(10-8-17)31(34)35)22(33)28(2)15-21(32)27-20-6-4-3-5-19(20)23(24,25)26/h3-10,16H,11-15H2,1-2H3,(H,27,32)/t16-/m0/s1. The Morgan fingerprint density at radius 1 is 1.09 bits per heavy atom. The molecule has 0 unspecified atom stereocenters. The first-order valence-electron chi connectivity index (χ1n) is 10.9. The number of nitrogens with one attached hydrogen (secondary N) is 1. The van der Waals surface area contributed by atoms with Crippen LogP contribution in [0.2, 0.25) is 0 Å². The maximum atomic E-state index is 13.1. The molecule has 2 aromatic rings. The second-order valence-electron chi connectivity index (χ2n) is 8.26. The largest absolute Gasteiger partial charge is 0.418 e. The van der Waals surface area contributed by atoms with Crippen LogP contribution in [-0.4, -0.2) is 72.4 Å². The van der Waals surface area contributed by atoms with Crippen molar-refractivity contribution in [1.29, 1.82) is 0 Å². The van der Waals surface area contributed by atoms with Crippen LogP contribution in [0.4, 0.5) is 30.2 Å². The lowest BCUT2D eigenvalue weighted by Gasteiger charge is -2.39. The number of halogens is 3. The van der Waals surface area contributed by atoms with E-state index in [9.17, 15) is 32.9 Å². The molecule has 0 aromatic heterocycles. The van der Waals surface area contributed by atoms with Gasteiger partial charge in [0.2, 0.25) is 11.8 Å². The second kappa shape index (κ2) is 10.7. The van der Waals surface area contributed by atoms with Gasteiger partial charge in [-0.25, -0.2) is 0 Å². The molecule has 1 saturated heterocycles. The summed E-state index contributed by atoms with van der Waals surface area (Å²) in [5.41, 5.74) is -0.453. The molecule has 9 nitrogen and oxygen atoms in total. The second-order valence-corrected chi connectivity index (χ2v) is 8.26. The van der Waals surface area contributed by atoms with Gasteiger partial charge in [-0.2, -0.15) is 13.2 Å². The molecule has 1 N–H and O–H groups in total. The lowest BCUT2D eigenvalue weighted by molar-refractivity contribution is -0.384. The Balaban J connectivity index is 1.52. The normalized spacial score (nSPS) is 15.4. The third-order valence-electron chi connectivity index (χ3n) is 5.91. The van der Waals surface area contributed by atoms with Gasteiger partial charge in [0.25, 0.3) is 5.69 Å². The van der Waals surface area contributed by atoms with E-state index >= 15 is 0 Å². The van der Waals surface area contributed by atoms with Crippen LogP contribution in [0.15, 0.2) is 48.5 Å². The van der Waals surface area contributed by atoms with Crippen LogP contribution in [0.25, 0.3) is 0 Å². The molecule has 2 aromatic carbocycles. The third-order valence-corrected chi connectivity index (χ3v) is 5.91. The fraction of sp³-hybridized carbons (Fsp3) is 0.391. The van der Waals surface area contributed by atoms with Crippen molar-refractivity contribution < 1.29 is 27.7 Å². The van der Waals surface area contributed by atoms with E-state index in [1.807, 2.05) is 4.90 Å². The number of anilines is 2. The van der Waals surface area contributed by atoms with E-state index in [0.29, 0.717) is 26.2 Å². The van der Waals surface area contributed by atoms with Crippen LogP contribution in [0.3, 0.4) is 0 Å². The molecule has 2 amide bonds. The molecule has 0 radical (unpaired) electrons. The molecule has 0 aliphatic carbocycles. The van der Waals surface area contributed by atoms with E-state index in [4.69, 9.17) is 0 Å². The highest BCUT2D eigenvalue weighted by atomic mass is 19.4. The van der Waals surface area contributed by atoms with Gasteiger partial charge in [-0.1, -0.05) is 12.1 Å². The summed E-state index contributed by atoms with van der Waals surface area (Å²) in [5.74, 6) is -1.05. The molecule has 1 atom stereocenters. The Morgan fingerprint density at radius 2 is 1.69 bits per heavy atom. The molecule has 1 heterocycles. The highest BCUT2D eigenvalue weighted by molar-refractivity contribution is 5.95. The van der Waals surface area contributed by atoms with Gasteiger partial charge in [0.05, 0.1) is 28.8 Å². The molecule has 0 bridgehead atoms. The van der Waals surface area contributed by atoms with Crippen molar-refractivity contribution in [2.75, 3.05) is 50.0 Å². The van der Waals surface area contributed by atoms with Crippen LogP contribution in [-0.2, 0) is 15.8 Å². The number of non-ortho nitro benzene ring substituents is 1. The lowest BCUT2D eigenvalue weighted by atomic mass is 10.1. The molecular weight excluding hydrogens is 467 g/mol. The van der Waals surface area contributed by atoms with Gasteiger partial charge in [0.15, 0.2) is 0 Å².